The molecule has 3 aromatic carbocycles. The summed E-state index contributed by atoms with van der Waals surface area (Å²) in [6.07, 6.45) is 4.12. The maximum absolute atomic E-state index is 14.3. The van der Waals surface area contributed by atoms with Crippen LogP contribution in [0.4, 0.5) is 5.69 Å². The molecular formula is C32H36BrCl2N3O5S. The predicted octanol–water partition coefficient (Wildman–Crippen LogP) is 7.13. The molecule has 1 atom stereocenters. The van der Waals surface area contributed by atoms with E-state index in [1.165, 1.54) is 30.2 Å². The third-order valence-corrected chi connectivity index (χ3v) is 10.9. The van der Waals surface area contributed by atoms with Crippen LogP contribution in [0.15, 0.2) is 70.0 Å². The highest BCUT2D eigenvalue weighted by Crippen LogP contribution is 2.32. The lowest BCUT2D eigenvalue weighted by Gasteiger charge is -2.34. The van der Waals surface area contributed by atoms with Gasteiger partial charge in [0.25, 0.3) is 10.0 Å². The number of benzene rings is 3. The monoisotopic (exact) mass is 723 g/mol. The van der Waals surface area contributed by atoms with E-state index in [0.717, 1.165) is 35.6 Å². The molecule has 1 aliphatic carbocycles. The van der Waals surface area contributed by atoms with Gasteiger partial charge >= 0.3 is 0 Å². The van der Waals surface area contributed by atoms with Gasteiger partial charge in [-0.05, 0) is 84.6 Å². The molecule has 8 nitrogen and oxygen atoms in total. The topological polar surface area (TPSA) is 96.0 Å². The Bertz CT molecular complexity index is 1580. The molecule has 12 heteroatoms. The van der Waals surface area contributed by atoms with Gasteiger partial charge < -0.3 is 15.0 Å². The molecule has 1 aliphatic rings. The van der Waals surface area contributed by atoms with E-state index in [2.05, 4.69) is 21.2 Å². The van der Waals surface area contributed by atoms with Crippen molar-refractivity contribution >= 4 is 66.7 Å². The van der Waals surface area contributed by atoms with Crippen LogP contribution in [0.1, 0.15) is 50.2 Å². The highest BCUT2D eigenvalue weighted by Gasteiger charge is 2.35. The third-order valence-electron chi connectivity index (χ3n) is 7.79. The minimum Gasteiger partial charge on any atom is -0.496 e. The fourth-order valence-electron chi connectivity index (χ4n) is 5.32. The third kappa shape index (κ3) is 7.88. The molecule has 2 amide bonds. The SMILES string of the molecule is CCC(C(=O)NC1CCCC1)N(Cc1c(Cl)cccc1Cl)C(=O)CN(c1ccc(C)cc1)S(=O)(=O)c1ccc(OC)c(Br)c1. The number of amides is 2. The van der Waals surface area contributed by atoms with E-state index in [4.69, 9.17) is 27.9 Å². The smallest absolute Gasteiger partial charge is 0.264 e. The molecular weight excluding hydrogens is 689 g/mol. The van der Waals surface area contributed by atoms with Gasteiger partial charge in [-0.15, -0.1) is 0 Å². The molecule has 44 heavy (non-hydrogen) atoms. The second-order valence-corrected chi connectivity index (χ2v) is 14.3. The van der Waals surface area contributed by atoms with Crippen LogP contribution < -0.4 is 14.4 Å². The Morgan fingerprint density at radius 2 is 1.68 bits per heavy atom. The van der Waals surface area contributed by atoms with Crippen molar-refractivity contribution in [3.8, 4) is 5.75 Å². The molecule has 0 spiro atoms. The summed E-state index contributed by atoms with van der Waals surface area (Å²) in [4.78, 5) is 29.3. The fourth-order valence-corrected chi connectivity index (χ4v) is 7.97. The van der Waals surface area contributed by atoms with Crippen LogP contribution in [-0.2, 0) is 26.2 Å². The number of sulfonamides is 1. The minimum absolute atomic E-state index is 0.0368. The van der Waals surface area contributed by atoms with Gasteiger partial charge in [-0.1, -0.05) is 66.7 Å². The highest BCUT2D eigenvalue weighted by molar-refractivity contribution is 9.10. The first-order chi connectivity index (χ1) is 21.0. The molecule has 0 radical (unpaired) electrons. The number of rotatable bonds is 12. The standard InChI is InChI=1S/C32H36BrCl2N3O5S/c1-4-29(32(40)36-22-8-5-6-9-22)37(19-25-27(34)10-7-11-28(25)35)31(39)20-38(23-14-12-21(2)13-15-23)44(41,42)24-16-17-30(43-3)26(33)18-24/h7,10-18,22,29H,4-6,8-9,19-20H2,1-3H3,(H,36,40). The van der Waals surface area contributed by atoms with Gasteiger partial charge in [0.2, 0.25) is 11.8 Å². The first-order valence-corrected chi connectivity index (χ1v) is 17.4. The van der Waals surface area contributed by atoms with Gasteiger partial charge in [0.1, 0.15) is 18.3 Å². The van der Waals surface area contributed by atoms with Crippen molar-refractivity contribution in [1.82, 2.24) is 10.2 Å². The molecule has 4 rings (SSSR count). The summed E-state index contributed by atoms with van der Waals surface area (Å²) in [5, 5.41) is 3.78. The van der Waals surface area contributed by atoms with Gasteiger partial charge in [-0.25, -0.2) is 8.42 Å². The van der Waals surface area contributed by atoms with Crippen molar-refractivity contribution in [3.05, 3.63) is 86.3 Å². The maximum atomic E-state index is 14.3. The van der Waals surface area contributed by atoms with E-state index in [-0.39, 0.29) is 23.4 Å². The second-order valence-electron chi connectivity index (χ2n) is 10.8. The van der Waals surface area contributed by atoms with E-state index in [1.54, 1.807) is 42.5 Å². The predicted molar refractivity (Wildman–Crippen MR) is 178 cm³/mol. The lowest BCUT2D eigenvalue weighted by molar-refractivity contribution is -0.140. The minimum atomic E-state index is -4.26. The van der Waals surface area contributed by atoms with Crippen LogP contribution in [0.25, 0.3) is 0 Å². The van der Waals surface area contributed by atoms with Crippen molar-refractivity contribution in [1.29, 1.82) is 0 Å². The molecule has 0 heterocycles. The zero-order valence-corrected chi connectivity index (χ0v) is 28.8. The second kappa shape index (κ2) is 15.0. The van der Waals surface area contributed by atoms with Gasteiger partial charge in [0.15, 0.2) is 0 Å². The van der Waals surface area contributed by atoms with Crippen LogP contribution in [-0.4, -0.2) is 50.9 Å². The summed E-state index contributed by atoms with van der Waals surface area (Å²) in [6, 6.07) is 15.4. The molecule has 0 bridgehead atoms. The number of ether oxygens (including phenoxy) is 1. The first-order valence-electron chi connectivity index (χ1n) is 14.4. The Kier molecular flexibility index (Phi) is 11.6. The Morgan fingerprint density at radius 3 is 2.25 bits per heavy atom. The van der Waals surface area contributed by atoms with E-state index in [1.807, 2.05) is 13.8 Å². The highest BCUT2D eigenvalue weighted by atomic mass is 79.9. The van der Waals surface area contributed by atoms with Crippen molar-refractivity contribution in [2.45, 2.75) is 69.5 Å². The Balaban J connectivity index is 1.76. The summed E-state index contributed by atoms with van der Waals surface area (Å²) in [7, 11) is -2.77. The molecule has 1 N–H and O–H groups in total. The van der Waals surface area contributed by atoms with Crippen LogP contribution in [0, 0.1) is 6.92 Å². The molecule has 0 saturated heterocycles. The number of carbonyl (C=O) groups excluding carboxylic acids is 2. The van der Waals surface area contributed by atoms with E-state index < -0.39 is 28.5 Å². The summed E-state index contributed by atoms with van der Waals surface area (Å²) in [5.41, 5.74) is 1.70. The average molecular weight is 726 g/mol. The fraction of sp³-hybridized carbons (Fsp3) is 0.375. The normalized spacial score (nSPS) is 14.2. The van der Waals surface area contributed by atoms with Crippen LogP contribution in [0.5, 0.6) is 5.75 Å². The molecule has 1 unspecified atom stereocenters. The molecule has 0 aliphatic heterocycles. The number of nitrogens with zero attached hydrogens (tertiary/aromatic N) is 2. The summed E-state index contributed by atoms with van der Waals surface area (Å²) >= 11 is 16.4. The van der Waals surface area contributed by atoms with E-state index in [0.29, 0.717) is 37.9 Å². The average Bonchev–Trinajstić information content (AvgIpc) is 3.50. The van der Waals surface area contributed by atoms with E-state index >= 15 is 0 Å². The maximum Gasteiger partial charge on any atom is 0.264 e. The number of methoxy groups -OCH3 is 1. The Labute approximate surface area is 277 Å². The number of halogens is 3. The summed E-state index contributed by atoms with van der Waals surface area (Å²) in [6.45, 7) is 3.06. The Hall–Kier alpha value is -2.79. The molecule has 0 aromatic heterocycles. The number of aryl methyl sites for hydroxylation is 1. The Morgan fingerprint density at radius 1 is 1.05 bits per heavy atom. The number of hydrogen-bond acceptors (Lipinski definition) is 5. The number of nitrogens with one attached hydrogen (secondary N) is 1. The quantitative estimate of drug-likeness (QED) is 0.214. The van der Waals surface area contributed by atoms with Crippen molar-refractivity contribution in [2.24, 2.45) is 0 Å². The van der Waals surface area contributed by atoms with Gasteiger partial charge in [-0.3, -0.25) is 13.9 Å². The molecule has 3 aromatic rings. The van der Waals surface area contributed by atoms with Gasteiger partial charge in [0, 0.05) is 28.2 Å². The first kappa shape index (κ1) is 34.1. The molecule has 1 fully saturated rings. The van der Waals surface area contributed by atoms with Crippen molar-refractivity contribution in [2.75, 3.05) is 18.0 Å². The van der Waals surface area contributed by atoms with Gasteiger partial charge in [-0.2, -0.15) is 0 Å². The van der Waals surface area contributed by atoms with Crippen LogP contribution >= 0.6 is 39.1 Å². The van der Waals surface area contributed by atoms with Crippen molar-refractivity contribution < 1.29 is 22.7 Å². The molecule has 236 valence electrons. The van der Waals surface area contributed by atoms with Crippen molar-refractivity contribution in [3.63, 3.8) is 0 Å². The summed E-state index contributed by atoms with van der Waals surface area (Å²) < 4.78 is 35.1. The van der Waals surface area contributed by atoms with E-state index in [9.17, 15) is 18.0 Å². The van der Waals surface area contributed by atoms with Gasteiger partial charge in [0.05, 0.1) is 22.2 Å². The summed E-state index contributed by atoms with van der Waals surface area (Å²) in [5.74, 6) is -0.408. The zero-order valence-electron chi connectivity index (χ0n) is 24.9. The number of hydrogen-bond donors (Lipinski definition) is 1. The zero-order chi connectivity index (χ0) is 32.0. The molecule has 1 saturated carbocycles. The van der Waals surface area contributed by atoms with Crippen LogP contribution in [0.3, 0.4) is 0 Å². The number of anilines is 1. The number of carbonyl (C=O) groups is 2. The largest absolute Gasteiger partial charge is 0.496 e. The van der Waals surface area contributed by atoms with Crippen LogP contribution in [0.2, 0.25) is 10.0 Å². The lowest BCUT2D eigenvalue weighted by Crippen LogP contribution is -2.53. The lowest BCUT2D eigenvalue weighted by atomic mass is 10.1.